The summed E-state index contributed by atoms with van der Waals surface area (Å²) in [4.78, 5) is 20.7. The number of aromatic nitrogens is 1. The van der Waals surface area contributed by atoms with E-state index in [9.17, 15) is 9.90 Å². The highest BCUT2D eigenvalue weighted by molar-refractivity contribution is 7.15. The quantitative estimate of drug-likeness (QED) is 0.740. The van der Waals surface area contributed by atoms with Gasteiger partial charge in [0.1, 0.15) is 16.3 Å². The zero-order chi connectivity index (χ0) is 18.8. The summed E-state index contributed by atoms with van der Waals surface area (Å²) in [7, 11) is 0. The number of thiazole rings is 1. The number of carbonyl (C=O) groups excluding carboxylic acids is 1. The number of ether oxygens (including phenoxy) is 1. The van der Waals surface area contributed by atoms with Gasteiger partial charge in [0.25, 0.3) is 0 Å². The van der Waals surface area contributed by atoms with E-state index in [1.54, 1.807) is 27.7 Å². The van der Waals surface area contributed by atoms with E-state index in [1.807, 2.05) is 6.92 Å². The first-order valence-corrected chi connectivity index (χ1v) is 9.25. The third-order valence-electron chi connectivity index (χ3n) is 3.79. The van der Waals surface area contributed by atoms with Crippen LogP contribution in [-0.2, 0) is 4.74 Å². The average Bonchev–Trinajstić information content (AvgIpc) is 3.18. The van der Waals surface area contributed by atoms with Gasteiger partial charge in [-0.05, 0) is 53.7 Å². The number of nitrogens with one attached hydrogen (secondary N) is 1. The molecule has 0 aromatic carbocycles. The summed E-state index contributed by atoms with van der Waals surface area (Å²) in [6.45, 7) is 12.6. The molecule has 1 fully saturated rings. The Balaban J connectivity index is 2.34. The number of allylic oxidation sites excluding steroid dienone is 1. The number of hydrogen-bond donors (Lipinski definition) is 2. The van der Waals surface area contributed by atoms with Crippen LogP contribution < -0.4 is 5.32 Å². The van der Waals surface area contributed by atoms with Gasteiger partial charge in [0.05, 0.1) is 11.1 Å². The van der Waals surface area contributed by atoms with E-state index in [0.29, 0.717) is 34.3 Å². The largest absolute Gasteiger partial charge is 0.444 e. The van der Waals surface area contributed by atoms with Crippen molar-refractivity contribution >= 4 is 34.7 Å². The average molecular weight is 365 g/mol. The number of carbonyl (C=O) groups is 1. The fourth-order valence-corrected chi connectivity index (χ4v) is 3.33. The Hall–Kier alpha value is -1.73. The molecule has 0 spiro atoms. The van der Waals surface area contributed by atoms with Crippen LogP contribution in [0.1, 0.15) is 57.7 Å². The van der Waals surface area contributed by atoms with E-state index in [4.69, 9.17) is 4.74 Å². The molecule has 1 amide bonds. The highest BCUT2D eigenvalue weighted by atomic mass is 32.1. The fourth-order valence-electron chi connectivity index (χ4n) is 2.60. The Labute approximate surface area is 153 Å². The number of alkyl carbamates (subject to hydrolysis) is 1. The molecule has 0 bridgehead atoms. The number of rotatable bonds is 6. The van der Waals surface area contributed by atoms with Gasteiger partial charge in [-0.2, -0.15) is 0 Å². The van der Waals surface area contributed by atoms with Gasteiger partial charge in [0.15, 0.2) is 0 Å². The number of hydrogen-bond acceptors (Lipinski definition) is 6. The van der Waals surface area contributed by atoms with Gasteiger partial charge in [-0.1, -0.05) is 24.2 Å². The molecule has 1 aliphatic carbocycles. The molecule has 2 N–H and O–H groups in total. The van der Waals surface area contributed by atoms with Gasteiger partial charge in [0, 0.05) is 11.3 Å². The number of amides is 1. The molecular formula is C18H27N3O3S. The van der Waals surface area contributed by atoms with Crippen LogP contribution in [0.25, 0.3) is 5.57 Å². The third-order valence-corrected chi connectivity index (χ3v) is 4.70. The maximum absolute atomic E-state index is 12.1. The molecule has 7 heteroatoms. The van der Waals surface area contributed by atoms with E-state index in [2.05, 4.69) is 22.0 Å². The predicted octanol–water partition coefficient (Wildman–Crippen LogP) is 4.20. The zero-order valence-electron chi connectivity index (χ0n) is 15.5. The molecule has 1 aliphatic rings. The van der Waals surface area contributed by atoms with Crippen molar-refractivity contribution in [2.24, 2.45) is 10.9 Å². The van der Waals surface area contributed by atoms with Gasteiger partial charge < -0.3 is 9.84 Å². The second kappa shape index (κ2) is 7.66. The maximum Gasteiger partial charge on any atom is 0.411 e. The van der Waals surface area contributed by atoms with Crippen molar-refractivity contribution in [1.82, 2.24) is 10.3 Å². The van der Waals surface area contributed by atoms with Crippen LogP contribution in [0, 0.1) is 12.8 Å². The smallest absolute Gasteiger partial charge is 0.411 e. The summed E-state index contributed by atoms with van der Waals surface area (Å²) in [6, 6.07) is 0. The Morgan fingerprint density at radius 2 is 2.16 bits per heavy atom. The van der Waals surface area contributed by atoms with Crippen LogP contribution in [0.3, 0.4) is 0 Å². The Morgan fingerprint density at radius 3 is 2.68 bits per heavy atom. The minimum Gasteiger partial charge on any atom is -0.444 e. The first-order valence-electron chi connectivity index (χ1n) is 8.44. The monoisotopic (exact) mass is 365 g/mol. The minimum atomic E-state index is -0.718. The lowest BCUT2D eigenvalue weighted by atomic mass is 9.99. The van der Waals surface area contributed by atoms with E-state index in [0.717, 1.165) is 17.8 Å². The standard InChI is InChI=1S/C18H27N3O3S/c1-10(20-17(23)24-18(3,4)5)14(13(22)9-12-7-8-12)15-16(19-6)25-11(2)21-15/h12-13,22H,6-9H2,1-5H3,(H,20,23)/b14-10+. The molecule has 1 aromatic rings. The van der Waals surface area contributed by atoms with E-state index in [-0.39, 0.29) is 0 Å². The van der Waals surface area contributed by atoms with Gasteiger partial charge in [0.2, 0.25) is 0 Å². The summed E-state index contributed by atoms with van der Waals surface area (Å²) in [5.74, 6) is 0.527. The van der Waals surface area contributed by atoms with Crippen LogP contribution in [-0.4, -0.2) is 34.6 Å². The lowest BCUT2D eigenvalue weighted by Gasteiger charge is -2.22. The van der Waals surface area contributed by atoms with Gasteiger partial charge >= 0.3 is 6.09 Å². The molecule has 1 heterocycles. The predicted molar refractivity (Wildman–Crippen MR) is 101 cm³/mol. The van der Waals surface area contributed by atoms with Crippen LogP contribution in [0.15, 0.2) is 10.7 Å². The highest BCUT2D eigenvalue weighted by Gasteiger charge is 2.30. The second-order valence-corrected chi connectivity index (χ2v) is 8.59. The van der Waals surface area contributed by atoms with Crippen LogP contribution >= 0.6 is 11.3 Å². The number of aliphatic hydroxyl groups is 1. The summed E-state index contributed by atoms with van der Waals surface area (Å²) >= 11 is 1.41. The highest BCUT2D eigenvalue weighted by Crippen LogP contribution is 2.40. The molecule has 2 rings (SSSR count). The molecule has 1 atom stereocenters. The summed E-state index contributed by atoms with van der Waals surface area (Å²) in [6.07, 6.45) is 1.64. The molecule has 0 saturated heterocycles. The van der Waals surface area contributed by atoms with Crippen molar-refractivity contribution in [3.8, 4) is 0 Å². The molecule has 1 saturated carbocycles. The Kier molecular flexibility index (Phi) is 6.00. The van der Waals surface area contributed by atoms with Crippen molar-refractivity contribution < 1.29 is 14.6 Å². The van der Waals surface area contributed by atoms with E-state index in [1.165, 1.54) is 11.3 Å². The first kappa shape index (κ1) is 19.6. The first-order chi connectivity index (χ1) is 11.6. The number of nitrogens with zero attached hydrogens (tertiary/aromatic N) is 2. The summed E-state index contributed by atoms with van der Waals surface area (Å²) in [5, 5.41) is 15.0. The maximum atomic E-state index is 12.1. The molecule has 0 radical (unpaired) electrons. The van der Waals surface area contributed by atoms with Gasteiger partial charge in [-0.3, -0.25) is 10.3 Å². The third kappa shape index (κ3) is 5.64. The zero-order valence-corrected chi connectivity index (χ0v) is 16.4. The van der Waals surface area contributed by atoms with Crippen molar-refractivity contribution in [3.63, 3.8) is 0 Å². The molecule has 25 heavy (non-hydrogen) atoms. The van der Waals surface area contributed by atoms with Crippen molar-refractivity contribution in [2.75, 3.05) is 0 Å². The molecule has 1 unspecified atom stereocenters. The van der Waals surface area contributed by atoms with Crippen molar-refractivity contribution in [3.05, 3.63) is 16.4 Å². The summed E-state index contributed by atoms with van der Waals surface area (Å²) < 4.78 is 5.31. The van der Waals surface area contributed by atoms with Gasteiger partial charge in [-0.25, -0.2) is 9.78 Å². The lowest BCUT2D eigenvalue weighted by molar-refractivity contribution is 0.0546. The Morgan fingerprint density at radius 1 is 1.52 bits per heavy atom. The number of aliphatic imine (C=N–C) groups is 1. The normalized spacial score (nSPS) is 16.9. The fraction of sp³-hybridized carbons (Fsp3) is 0.611. The van der Waals surface area contributed by atoms with Crippen molar-refractivity contribution in [2.45, 2.75) is 65.6 Å². The molecule has 0 aliphatic heterocycles. The van der Waals surface area contributed by atoms with Crippen molar-refractivity contribution in [1.29, 1.82) is 0 Å². The van der Waals surface area contributed by atoms with Crippen LogP contribution in [0.2, 0.25) is 0 Å². The summed E-state index contributed by atoms with van der Waals surface area (Å²) in [5.41, 5.74) is 1.10. The van der Waals surface area contributed by atoms with E-state index < -0.39 is 17.8 Å². The minimum absolute atomic E-state index is 0.526. The lowest BCUT2D eigenvalue weighted by Crippen LogP contribution is -2.32. The topological polar surface area (TPSA) is 83.8 Å². The molecular weight excluding hydrogens is 338 g/mol. The Bertz CT molecular complexity index is 684. The van der Waals surface area contributed by atoms with E-state index >= 15 is 0 Å². The number of aliphatic hydroxyl groups excluding tert-OH is 1. The SMILES string of the molecule is C=Nc1sc(C)nc1/C(=C(\C)NC(=O)OC(C)(C)C)C(O)CC1CC1. The molecule has 138 valence electrons. The van der Waals surface area contributed by atoms with Gasteiger partial charge in [-0.15, -0.1) is 0 Å². The second-order valence-electron chi connectivity index (χ2n) is 7.41. The van der Waals surface area contributed by atoms with Crippen LogP contribution in [0.4, 0.5) is 9.80 Å². The molecule has 6 nitrogen and oxygen atoms in total. The number of aryl methyl sites for hydroxylation is 1. The van der Waals surface area contributed by atoms with Crippen LogP contribution in [0.5, 0.6) is 0 Å². The molecule has 1 aromatic heterocycles.